The third kappa shape index (κ3) is 2.92. The lowest BCUT2D eigenvalue weighted by Crippen LogP contribution is -2.37. The summed E-state index contributed by atoms with van der Waals surface area (Å²) in [7, 11) is 0. The monoisotopic (exact) mass is 279 g/mol. The fourth-order valence-corrected chi connectivity index (χ4v) is 2.98. The highest BCUT2D eigenvalue weighted by molar-refractivity contribution is 5.92. The van der Waals surface area contributed by atoms with Gasteiger partial charge in [-0.3, -0.25) is 4.99 Å². The van der Waals surface area contributed by atoms with Gasteiger partial charge in [-0.1, -0.05) is 6.07 Å². The van der Waals surface area contributed by atoms with E-state index in [1.807, 2.05) is 6.07 Å². The molecule has 0 aliphatic heterocycles. The summed E-state index contributed by atoms with van der Waals surface area (Å²) in [5.41, 5.74) is 9.49. The van der Waals surface area contributed by atoms with Crippen molar-refractivity contribution in [2.45, 2.75) is 38.0 Å². The molecule has 108 valence electrons. The molecule has 1 aromatic rings. The van der Waals surface area contributed by atoms with Crippen LogP contribution in [0.2, 0.25) is 0 Å². The Labute approximate surface area is 117 Å². The molecule has 0 saturated heterocycles. The van der Waals surface area contributed by atoms with Gasteiger partial charge in [0.1, 0.15) is 0 Å². The Kier molecular flexibility index (Phi) is 3.36. The predicted octanol–water partition coefficient (Wildman–Crippen LogP) is 2.95. The topological polar surface area (TPSA) is 50.4 Å². The maximum atomic E-state index is 12.7. The number of benzene rings is 1. The van der Waals surface area contributed by atoms with E-state index in [0.29, 0.717) is 12.5 Å². The van der Waals surface area contributed by atoms with Crippen molar-refractivity contribution in [3.8, 4) is 0 Å². The maximum absolute atomic E-state index is 12.7. The number of nitrogens with one attached hydrogen (secondary N) is 1. The van der Waals surface area contributed by atoms with Crippen LogP contribution in [0.1, 0.15) is 30.4 Å². The molecule has 20 heavy (non-hydrogen) atoms. The molecule has 3 nitrogen and oxygen atoms in total. The summed E-state index contributed by atoms with van der Waals surface area (Å²) in [6.07, 6.45) is 3.33. The molecule has 0 atom stereocenters. The summed E-state index contributed by atoms with van der Waals surface area (Å²) in [6.45, 7) is 0.374. The normalized spacial score (nSPS) is 21.4. The fraction of sp³-hybridized carbons (Fsp3) is 0.533. The summed E-state index contributed by atoms with van der Waals surface area (Å²) < 4.78 is 25.4. The average Bonchev–Trinajstić information content (AvgIpc) is 2.81. The summed E-state index contributed by atoms with van der Waals surface area (Å²) in [5.74, 6) is -2.22. The summed E-state index contributed by atoms with van der Waals surface area (Å²) >= 11 is 0. The first-order valence-corrected chi connectivity index (χ1v) is 7.08. The Hall–Kier alpha value is -1.65. The van der Waals surface area contributed by atoms with Gasteiger partial charge in [-0.2, -0.15) is 0 Å². The van der Waals surface area contributed by atoms with Crippen molar-refractivity contribution in [2.24, 2.45) is 16.6 Å². The van der Waals surface area contributed by atoms with Gasteiger partial charge in [-0.15, -0.1) is 0 Å². The summed E-state index contributed by atoms with van der Waals surface area (Å²) in [6, 6.07) is 6.21. The molecular weight excluding hydrogens is 260 g/mol. The number of guanidine groups is 1. The van der Waals surface area contributed by atoms with Crippen molar-refractivity contribution < 1.29 is 8.78 Å². The van der Waals surface area contributed by atoms with E-state index in [0.717, 1.165) is 18.5 Å². The third-order valence-corrected chi connectivity index (χ3v) is 4.07. The van der Waals surface area contributed by atoms with Crippen LogP contribution >= 0.6 is 0 Å². The van der Waals surface area contributed by atoms with Crippen LogP contribution in [0.25, 0.3) is 0 Å². The van der Waals surface area contributed by atoms with Crippen LogP contribution in [-0.4, -0.2) is 18.4 Å². The molecule has 0 bridgehead atoms. The van der Waals surface area contributed by atoms with Crippen molar-refractivity contribution in [2.75, 3.05) is 11.9 Å². The maximum Gasteiger partial charge on any atom is 0.248 e. The van der Waals surface area contributed by atoms with E-state index in [2.05, 4.69) is 22.4 Å². The fourth-order valence-electron chi connectivity index (χ4n) is 2.98. The number of nitrogens with zero attached hydrogens (tertiary/aromatic N) is 1. The Balaban J connectivity index is 1.54. The Morgan fingerprint density at radius 2 is 2.05 bits per heavy atom. The highest BCUT2D eigenvalue weighted by Gasteiger charge is 2.44. The molecule has 3 N–H and O–H groups in total. The zero-order valence-corrected chi connectivity index (χ0v) is 11.3. The van der Waals surface area contributed by atoms with Crippen molar-refractivity contribution in [3.05, 3.63) is 29.3 Å². The van der Waals surface area contributed by atoms with Crippen LogP contribution in [0.5, 0.6) is 0 Å². The van der Waals surface area contributed by atoms with E-state index in [1.54, 1.807) is 0 Å². The highest BCUT2D eigenvalue weighted by atomic mass is 19.3. The first-order chi connectivity index (χ1) is 9.52. The molecule has 1 fully saturated rings. The second-order valence-corrected chi connectivity index (χ2v) is 5.82. The van der Waals surface area contributed by atoms with Crippen LogP contribution in [0.4, 0.5) is 14.5 Å². The number of nitrogens with two attached hydrogens (primary N) is 1. The van der Waals surface area contributed by atoms with Gasteiger partial charge in [-0.05, 0) is 48.4 Å². The highest BCUT2D eigenvalue weighted by Crippen LogP contribution is 2.42. The van der Waals surface area contributed by atoms with Gasteiger partial charge in [0.25, 0.3) is 0 Å². The zero-order chi connectivity index (χ0) is 14.2. The minimum atomic E-state index is -2.48. The van der Waals surface area contributed by atoms with Crippen molar-refractivity contribution in [3.63, 3.8) is 0 Å². The van der Waals surface area contributed by atoms with E-state index in [1.165, 1.54) is 17.5 Å². The van der Waals surface area contributed by atoms with Gasteiger partial charge in [0.2, 0.25) is 5.92 Å². The lowest BCUT2D eigenvalue weighted by atomic mass is 9.81. The quantitative estimate of drug-likeness (QED) is 0.660. The number of fused-ring (bicyclic) bond motifs is 1. The number of aryl methyl sites for hydroxylation is 2. The molecule has 3 rings (SSSR count). The van der Waals surface area contributed by atoms with Crippen LogP contribution in [0.15, 0.2) is 23.2 Å². The Morgan fingerprint density at radius 3 is 2.80 bits per heavy atom. The smallest absolute Gasteiger partial charge is 0.248 e. The summed E-state index contributed by atoms with van der Waals surface area (Å²) in [5, 5.41) is 3.04. The number of hydrogen-bond acceptors (Lipinski definition) is 1. The third-order valence-electron chi connectivity index (χ3n) is 4.07. The van der Waals surface area contributed by atoms with Crippen LogP contribution in [0, 0.1) is 5.92 Å². The second kappa shape index (κ2) is 5.04. The van der Waals surface area contributed by atoms with Crippen LogP contribution in [-0.2, 0) is 12.8 Å². The van der Waals surface area contributed by atoms with Gasteiger partial charge in [-0.25, -0.2) is 8.78 Å². The van der Waals surface area contributed by atoms with Gasteiger partial charge in [0, 0.05) is 25.1 Å². The molecule has 5 heteroatoms. The molecule has 1 saturated carbocycles. The molecule has 0 amide bonds. The van der Waals surface area contributed by atoms with Crippen LogP contribution < -0.4 is 11.1 Å². The Bertz CT molecular complexity index is 532. The van der Waals surface area contributed by atoms with Gasteiger partial charge in [0.05, 0.1) is 0 Å². The molecule has 0 radical (unpaired) electrons. The molecule has 1 aromatic carbocycles. The number of hydrogen-bond donors (Lipinski definition) is 2. The number of alkyl halides is 2. The number of rotatable bonds is 3. The van der Waals surface area contributed by atoms with Crippen molar-refractivity contribution in [1.29, 1.82) is 0 Å². The largest absolute Gasteiger partial charge is 0.370 e. The van der Waals surface area contributed by atoms with E-state index in [4.69, 9.17) is 5.73 Å². The minimum Gasteiger partial charge on any atom is -0.370 e. The van der Waals surface area contributed by atoms with Crippen molar-refractivity contribution in [1.82, 2.24) is 0 Å². The molecular formula is C15H19F2N3. The number of anilines is 1. The van der Waals surface area contributed by atoms with Crippen LogP contribution in [0.3, 0.4) is 0 Å². The first kappa shape index (κ1) is 13.3. The molecule has 2 aliphatic carbocycles. The molecule has 2 aliphatic rings. The van der Waals surface area contributed by atoms with E-state index in [-0.39, 0.29) is 18.8 Å². The molecule has 0 heterocycles. The number of halogens is 2. The first-order valence-electron chi connectivity index (χ1n) is 7.08. The Morgan fingerprint density at radius 1 is 1.30 bits per heavy atom. The van der Waals surface area contributed by atoms with E-state index in [9.17, 15) is 8.78 Å². The zero-order valence-electron chi connectivity index (χ0n) is 11.3. The van der Waals surface area contributed by atoms with E-state index >= 15 is 0 Å². The number of aliphatic imine (C=N–C) groups is 1. The predicted molar refractivity (Wildman–Crippen MR) is 76.3 cm³/mol. The lowest BCUT2D eigenvalue weighted by molar-refractivity contribution is -0.107. The molecule has 0 spiro atoms. The average molecular weight is 279 g/mol. The molecule has 0 aromatic heterocycles. The second-order valence-electron chi connectivity index (χ2n) is 5.82. The SMILES string of the molecule is NC(=NCC1CC(F)(F)C1)Nc1ccc2c(c1)CCC2. The van der Waals surface area contributed by atoms with Gasteiger partial charge < -0.3 is 11.1 Å². The van der Waals surface area contributed by atoms with Gasteiger partial charge in [0.15, 0.2) is 5.96 Å². The van der Waals surface area contributed by atoms with Crippen molar-refractivity contribution >= 4 is 11.6 Å². The molecule has 0 unspecified atom stereocenters. The minimum absolute atomic E-state index is 0.0367. The summed E-state index contributed by atoms with van der Waals surface area (Å²) in [4.78, 5) is 4.15. The van der Waals surface area contributed by atoms with E-state index < -0.39 is 5.92 Å². The van der Waals surface area contributed by atoms with Gasteiger partial charge >= 0.3 is 0 Å². The lowest BCUT2D eigenvalue weighted by Gasteiger charge is -2.33. The standard InChI is InChI=1S/C15H19F2N3/c16-15(17)7-10(8-15)9-19-14(18)20-13-5-4-11-2-1-3-12(11)6-13/h4-6,10H,1-3,7-9H2,(H3,18,19,20).